The molecule has 0 unspecified atom stereocenters. The van der Waals surface area contributed by atoms with Crippen LogP contribution in [0.1, 0.15) is 31.0 Å². The van der Waals surface area contributed by atoms with E-state index in [9.17, 15) is 9.90 Å². The fourth-order valence-corrected chi connectivity index (χ4v) is 2.46. The highest BCUT2D eigenvalue weighted by atomic mass is 16.3. The molecule has 104 valence electrons. The van der Waals surface area contributed by atoms with Crippen molar-refractivity contribution in [3.05, 3.63) is 29.6 Å². The van der Waals surface area contributed by atoms with Gasteiger partial charge in [0.2, 0.25) is 5.91 Å². The summed E-state index contributed by atoms with van der Waals surface area (Å²) in [5.74, 6) is -0.320. The van der Waals surface area contributed by atoms with Crippen LogP contribution in [0, 0.1) is 6.92 Å². The maximum atomic E-state index is 11.2. The van der Waals surface area contributed by atoms with Crippen LogP contribution in [0.2, 0.25) is 0 Å². The topological polar surface area (TPSA) is 79.5 Å². The molecule has 5 nitrogen and oxygen atoms in total. The van der Waals surface area contributed by atoms with Gasteiger partial charge in [0.05, 0.1) is 11.7 Å². The van der Waals surface area contributed by atoms with Gasteiger partial charge in [-0.3, -0.25) is 14.7 Å². The number of primary amides is 1. The summed E-state index contributed by atoms with van der Waals surface area (Å²) in [6, 6.07) is 3.55. The number of carbonyl (C=O) groups is 1. The third-order valence-corrected chi connectivity index (χ3v) is 3.97. The quantitative estimate of drug-likeness (QED) is 0.834. The smallest absolute Gasteiger partial charge is 0.234 e. The van der Waals surface area contributed by atoms with Gasteiger partial charge in [-0.15, -0.1) is 0 Å². The molecule has 1 aromatic rings. The molecule has 2 rings (SSSR count). The van der Waals surface area contributed by atoms with Gasteiger partial charge in [0.1, 0.15) is 5.60 Å². The van der Waals surface area contributed by atoms with Crippen LogP contribution in [0.4, 0.5) is 0 Å². The van der Waals surface area contributed by atoms with Crippen molar-refractivity contribution in [3.63, 3.8) is 0 Å². The second-order valence-corrected chi connectivity index (χ2v) is 5.37. The van der Waals surface area contributed by atoms with Gasteiger partial charge in [0, 0.05) is 19.3 Å². The van der Waals surface area contributed by atoms with E-state index in [0.717, 1.165) is 5.56 Å². The van der Waals surface area contributed by atoms with E-state index in [1.54, 1.807) is 13.1 Å². The van der Waals surface area contributed by atoms with Gasteiger partial charge >= 0.3 is 0 Å². The fraction of sp³-hybridized carbons (Fsp3) is 0.571. The van der Waals surface area contributed by atoms with Gasteiger partial charge in [0.15, 0.2) is 0 Å². The molecule has 0 bridgehead atoms. The monoisotopic (exact) mass is 263 g/mol. The molecule has 0 radical (unpaired) electrons. The summed E-state index contributed by atoms with van der Waals surface area (Å²) in [5, 5.41) is 10.7. The van der Waals surface area contributed by atoms with Crippen LogP contribution in [0.5, 0.6) is 0 Å². The van der Waals surface area contributed by atoms with E-state index in [4.69, 9.17) is 5.73 Å². The zero-order valence-corrected chi connectivity index (χ0v) is 11.5. The minimum atomic E-state index is -0.887. The van der Waals surface area contributed by atoms with E-state index in [1.165, 1.54) is 0 Å². The Labute approximate surface area is 113 Å². The van der Waals surface area contributed by atoms with Crippen LogP contribution in [0.25, 0.3) is 0 Å². The number of nitrogens with zero attached hydrogens (tertiary/aromatic N) is 2. The van der Waals surface area contributed by atoms with Crippen molar-refractivity contribution < 1.29 is 9.90 Å². The number of rotatable bonds is 3. The zero-order valence-electron chi connectivity index (χ0n) is 11.5. The fourth-order valence-electron chi connectivity index (χ4n) is 2.46. The number of amides is 1. The molecule has 0 aliphatic carbocycles. The minimum absolute atomic E-state index is 0.282. The van der Waals surface area contributed by atoms with E-state index in [0.29, 0.717) is 31.6 Å². The number of nitrogens with two attached hydrogens (primary N) is 1. The summed E-state index contributed by atoms with van der Waals surface area (Å²) in [7, 11) is 0. The molecule has 1 aliphatic rings. The molecule has 0 spiro atoms. The van der Waals surface area contributed by atoms with Gasteiger partial charge < -0.3 is 10.8 Å². The summed E-state index contributed by atoms with van der Waals surface area (Å²) in [6.45, 7) is 5.07. The van der Waals surface area contributed by atoms with Crippen LogP contribution in [-0.2, 0) is 10.4 Å². The highest BCUT2D eigenvalue weighted by Crippen LogP contribution is 2.32. The number of hydrogen-bond donors (Lipinski definition) is 2. The Morgan fingerprint density at radius 1 is 1.47 bits per heavy atom. The maximum absolute atomic E-state index is 11.2. The van der Waals surface area contributed by atoms with Gasteiger partial charge in [0.25, 0.3) is 0 Å². The summed E-state index contributed by atoms with van der Waals surface area (Å²) in [6.07, 6.45) is 2.91. The molecule has 1 fully saturated rings. The third kappa shape index (κ3) is 2.93. The predicted octanol–water partition coefficient (Wildman–Crippen LogP) is 0.547. The summed E-state index contributed by atoms with van der Waals surface area (Å²) in [5.41, 5.74) is 6.21. The first-order chi connectivity index (χ1) is 8.92. The van der Waals surface area contributed by atoms with Crippen molar-refractivity contribution in [1.29, 1.82) is 0 Å². The van der Waals surface area contributed by atoms with Crippen molar-refractivity contribution in [2.75, 3.05) is 13.1 Å². The van der Waals surface area contributed by atoms with E-state index >= 15 is 0 Å². The summed E-state index contributed by atoms with van der Waals surface area (Å²) >= 11 is 0. The number of aromatic nitrogens is 1. The Kier molecular flexibility index (Phi) is 3.87. The lowest BCUT2D eigenvalue weighted by molar-refractivity contribution is -0.124. The van der Waals surface area contributed by atoms with Crippen LogP contribution in [0.15, 0.2) is 18.3 Å². The van der Waals surface area contributed by atoms with E-state index < -0.39 is 5.60 Å². The van der Waals surface area contributed by atoms with E-state index in [2.05, 4.69) is 4.98 Å². The Balaban J connectivity index is 2.05. The molecule has 3 N–H and O–H groups in total. The SMILES string of the molecule is Cc1ccc(C2(O)CCN([C@@H](C)C(N)=O)CC2)nc1. The lowest BCUT2D eigenvalue weighted by Crippen LogP contribution is -2.50. The van der Waals surface area contributed by atoms with Crippen molar-refractivity contribution in [3.8, 4) is 0 Å². The van der Waals surface area contributed by atoms with Crippen LogP contribution in [-0.4, -0.2) is 40.0 Å². The maximum Gasteiger partial charge on any atom is 0.234 e. The van der Waals surface area contributed by atoms with Gasteiger partial charge in [-0.1, -0.05) is 6.07 Å². The Morgan fingerprint density at radius 3 is 2.58 bits per heavy atom. The second kappa shape index (κ2) is 5.27. The molecule has 0 aromatic carbocycles. The molecule has 1 atom stereocenters. The normalized spacial score (nSPS) is 21.0. The first-order valence-corrected chi connectivity index (χ1v) is 6.61. The molecule has 19 heavy (non-hydrogen) atoms. The van der Waals surface area contributed by atoms with Crippen molar-refractivity contribution in [2.45, 2.75) is 38.3 Å². The number of hydrogen-bond acceptors (Lipinski definition) is 4. The molecular weight excluding hydrogens is 242 g/mol. The average Bonchev–Trinajstić information content (AvgIpc) is 2.39. The van der Waals surface area contributed by atoms with Crippen molar-refractivity contribution in [1.82, 2.24) is 9.88 Å². The van der Waals surface area contributed by atoms with E-state index in [1.807, 2.05) is 24.0 Å². The molecule has 1 saturated heterocycles. The summed E-state index contributed by atoms with van der Waals surface area (Å²) < 4.78 is 0. The summed E-state index contributed by atoms with van der Waals surface area (Å²) in [4.78, 5) is 17.5. The second-order valence-electron chi connectivity index (χ2n) is 5.37. The molecule has 0 saturated carbocycles. The predicted molar refractivity (Wildman–Crippen MR) is 72.3 cm³/mol. The molecule has 5 heteroatoms. The number of pyridine rings is 1. The van der Waals surface area contributed by atoms with Crippen LogP contribution < -0.4 is 5.73 Å². The third-order valence-electron chi connectivity index (χ3n) is 3.97. The lowest BCUT2D eigenvalue weighted by Gasteiger charge is -2.39. The standard InChI is InChI=1S/C14H21N3O2/c1-10-3-4-12(16-9-10)14(19)5-7-17(8-6-14)11(2)13(15)18/h3-4,9,11,19H,5-8H2,1-2H3,(H2,15,18)/t11-/m0/s1. The Hall–Kier alpha value is -1.46. The van der Waals surface area contributed by atoms with E-state index in [-0.39, 0.29) is 11.9 Å². The highest BCUT2D eigenvalue weighted by Gasteiger charge is 2.37. The largest absolute Gasteiger partial charge is 0.383 e. The van der Waals surface area contributed by atoms with Gasteiger partial charge in [-0.2, -0.15) is 0 Å². The average molecular weight is 263 g/mol. The first kappa shape index (κ1) is 14.0. The van der Waals surface area contributed by atoms with Crippen molar-refractivity contribution >= 4 is 5.91 Å². The first-order valence-electron chi connectivity index (χ1n) is 6.61. The molecule has 1 amide bonds. The molecule has 1 aliphatic heterocycles. The number of likely N-dealkylation sites (tertiary alicyclic amines) is 1. The highest BCUT2D eigenvalue weighted by molar-refractivity contribution is 5.79. The Morgan fingerprint density at radius 2 is 2.11 bits per heavy atom. The van der Waals surface area contributed by atoms with Gasteiger partial charge in [-0.25, -0.2) is 0 Å². The number of aliphatic hydroxyl groups is 1. The molecular formula is C14H21N3O2. The van der Waals surface area contributed by atoms with Crippen molar-refractivity contribution in [2.24, 2.45) is 5.73 Å². The number of carbonyl (C=O) groups excluding carboxylic acids is 1. The number of piperidine rings is 1. The zero-order chi connectivity index (χ0) is 14.0. The van der Waals surface area contributed by atoms with Crippen LogP contribution >= 0.6 is 0 Å². The molecule has 1 aromatic heterocycles. The molecule has 2 heterocycles. The number of aryl methyl sites for hydroxylation is 1. The minimum Gasteiger partial charge on any atom is -0.383 e. The van der Waals surface area contributed by atoms with Crippen LogP contribution in [0.3, 0.4) is 0 Å². The van der Waals surface area contributed by atoms with Gasteiger partial charge in [-0.05, 0) is 38.3 Å². The lowest BCUT2D eigenvalue weighted by atomic mass is 9.87. The Bertz CT molecular complexity index is 450.